The summed E-state index contributed by atoms with van der Waals surface area (Å²) < 4.78 is 0. The minimum atomic E-state index is -0.0278. The molecule has 1 aromatic rings. The SMILES string of the molecule is CCc1ccc(N)c(C=CCNC(C)=O)c1. The van der Waals surface area contributed by atoms with Gasteiger partial charge in [0, 0.05) is 19.2 Å². The van der Waals surface area contributed by atoms with E-state index in [9.17, 15) is 4.79 Å². The maximum atomic E-state index is 10.7. The van der Waals surface area contributed by atoms with Crippen molar-refractivity contribution in [2.24, 2.45) is 0 Å². The number of nitrogens with one attached hydrogen (secondary N) is 1. The van der Waals surface area contributed by atoms with Gasteiger partial charge in [0.05, 0.1) is 0 Å². The third-order valence-corrected chi connectivity index (χ3v) is 2.33. The van der Waals surface area contributed by atoms with Crippen molar-refractivity contribution in [3.63, 3.8) is 0 Å². The van der Waals surface area contributed by atoms with E-state index < -0.39 is 0 Å². The number of benzene rings is 1. The highest BCUT2D eigenvalue weighted by Crippen LogP contribution is 2.16. The summed E-state index contributed by atoms with van der Waals surface area (Å²) in [6.07, 6.45) is 4.82. The average Bonchev–Trinajstić information content (AvgIpc) is 2.26. The Labute approximate surface area is 96.3 Å². The molecule has 0 aliphatic rings. The summed E-state index contributed by atoms with van der Waals surface area (Å²) in [7, 11) is 0. The molecule has 0 bridgehead atoms. The van der Waals surface area contributed by atoms with Gasteiger partial charge in [0.15, 0.2) is 0 Å². The largest absolute Gasteiger partial charge is 0.398 e. The van der Waals surface area contributed by atoms with Crippen molar-refractivity contribution in [2.75, 3.05) is 12.3 Å². The van der Waals surface area contributed by atoms with E-state index >= 15 is 0 Å². The molecule has 0 saturated carbocycles. The zero-order chi connectivity index (χ0) is 12.0. The Morgan fingerprint density at radius 2 is 2.25 bits per heavy atom. The Bertz CT molecular complexity index is 397. The lowest BCUT2D eigenvalue weighted by Gasteiger charge is -2.03. The molecule has 0 atom stereocenters. The van der Waals surface area contributed by atoms with Crippen molar-refractivity contribution >= 4 is 17.7 Å². The van der Waals surface area contributed by atoms with Crippen molar-refractivity contribution < 1.29 is 4.79 Å². The van der Waals surface area contributed by atoms with Gasteiger partial charge in [0.2, 0.25) is 5.91 Å². The molecule has 16 heavy (non-hydrogen) atoms. The van der Waals surface area contributed by atoms with E-state index in [4.69, 9.17) is 5.73 Å². The smallest absolute Gasteiger partial charge is 0.217 e. The predicted octanol–water partition coefficient (Wildman–Crippen LogP) is 1.98. The van der Waals surface area contributed by atoms with Gasteiger partial charge in [-0.25, -0.2) is 0 Å². The number of nitrogen functional groups attached to an aromatic ring is 1. The van der Waals surface area contributed by atoms with Gasteiger partial charge in [0.1, 0.15) is 0 Å². The van der Waals surface area contributed by atoms with Crippen LogP contribution in [0.2, 0.25) is 0 Å². The lowest BCUT2D eigenvalue weighted by Crippen LogP contribution is -2.19. The zero-order valence-corrected chi connectivity index (χ0v) is 9.79. The summed E-state index contributed by atoms with van der Waals surface area (Å²) in [5, 5.41) is 2.70. The first-order valence-electron chi connectivity index (χ1n) is 5.43. The third kappa shape index (κ3) is 3.77. The van der Waals surface area contributed by atoms with Crippen LogP contribution in [0.1, 0.15) is 25.0 Å². The molecule has 86 valence electrons. The molecule has 1 rings (SSSR count). The number of hydrogen-bond acceptors (Lipinski definition) is 2. The highest BCUT2D eigenvalue weighted by atomic mass is 16.1. The molecule has 0 radical (unpaired) electrons. The van der Waals surface area contributed by atoms with Gasteiger partial charge in [0.25, 0.3) is 0 Å². The van der Waals surface area contributed by atoms with Crippen LogP contribution < -0.4 is 11.1 Å². The highest BCUT2D eigenvalue weighted by molar-refractivity contribution is 5.73. The van der Waals surface area contributed by atoms with Crippen LogP contribution in [0.4, 0.5) is 5.69 Å². The maximum absolute atomic E-state index is 10.7. The lowest BCUT2D eigenvalue weighted by molar-refractivity contribution is -0.118. The van der Waals surface area contributed by atoms with E-state index in [0.29, 0.717) is 6.54 Å². The minimum absolute atomic E-state index is 0.0278. The van der Waals surface area contributed by atoms with Crippen LogP contribution in [-0.2, 0) is 11.2 Å². The van der Waals surface area contributed by atoms with E-state index in [0.717, 1.165) is 17.7 Å². The van der Waals surface area contributed by atoms with Crippen LogP contribution in [0.25, 0.3) is 6.08 Å². The molecule has 0 heterocycles. The topological polar surface area (TPSA) is 55.1 Å². The Balaban J connectivity index is 2.68. The van der Waals surface area contributed by atoms with Gasteiger partial charge in [-0.15, -0.1) is 0 Å². The fourth-order valence-corrected chi connectivity index (χ4v) is 1.38. The summed E-state index contributed by atoms with van der Waals surface area (Å²) in [5.41, 5.74) is 8.87. The Morgan fingerprint density at radius 3 is 2.88 bits per heavy atom. The molecule has 0 aliphatic heterocycles. The van der Waals surface area contributed by atoms with E-state index in [-0.39, 0.29) is 5.91 Å². The number of amides is 1. The van der Waals surface area contributed by atoms with Gasteiger partial charge < -0.3 is 11.1 Å². The average molecular weight is 218 g/mol. The number of aryl methyl sites for hydroxylation is 1. The first-order valence-corrected chi connectivity index (χ1v) is 5.43. The number of carbonyl (C=O) groups is 1. The molecule has 0 saturated heterocycles. The molecule has 0 aliphatic carbocycles. The van der Waals surface area contributed by atoms with Crippen molar-refractivity contribution in [1.82, 2.24) is 5.32 Å². The molecule has 0 spiro atoms. The summed E-state index contributed by atoms with van der Waals surface area (Å²) in [6, 6.07) is 6.01. The van der Waals surface area contributed by atoms with Crippen LogP contribution in [0, 0.1) is 0 Å². The molecule has 3 heteroatoms. The van der Waals surface area contributed by atoms with Gasteiger partial charge in [-0.3, -0.25) is 4.79 Å². The Kier molecular flexibility index (Phi) is 4.58. The van der Waals surface area contributed by atoms with Gasteiger partial charge >= 0.3 is 0 Å². The van der Waals surface area contributed by atoms with Crippen LogP contribution in [0.3, 0.4) is 0 Å². The molecule has 0 fully saturated rings. The summed E-state index contributed by atoms with van der Waals surface area (Å²) in [6.45, 7) is 4.14. The van der Waals surface area contributed by atoms with Crippen LogP contribution in [0.15, 0.2) is 24.3 Å². The molecular formula is C13H18N2O. The Morgan fingerprint density at radius 1 is 1.50 bits per heavy atom. The van der Waals surface area contributed by atoms with Crippen LogP contribution >= 0.6 is 0 Å². The van der Waals surface area contributed by atoms with E-state index in [1.807, 2.05) is 24.3 Å². The summed E-state index contributed by atoms with van der Waals surface area (Å²) in [5.74, 6) is -0.0278. The second-order valence-corrected chi connectivity index (χ2v) is 3.66. The van der Waals surface area contributed by atoms with Gasteiger partial charge in [-0.05, 0) is 29.7 Å². The third-order valence-electron chi connectivity index (χ3n) is 2.33. The normalized spacial score (nSPS) is 10.6. The number of rotatable bonds is 4. The number of anilines is 1. The fourth-order valence-electron chi connectivity index (χ4n) is 1.38. The molecule has 3 N–H and O–H groups in total. The van der Waals surface area contributed by atoms with Gasteiger partial charge in [-0.1, -0.05) is 25.1 Å². The van der Waals surface area contributed by atoms with Crippen molar-refractivity contribution in [3.8, 4) is 0 Å². The molecular weight excluding hydrogens is 200 g/mol. The summed E-state index contributed by atoms with van der Waals surface area (Å²) >= 11 is 0. The lowest BCUT2D eigenvalue weighted by atomic mass is 10.1. The molecule has 3 nitrogen and oxygen atoms in total. The fraction of sp³-hybridized carbons (Fsp3) is 0.308. The van der Waals surface area contributed by atoms with Crippen LogP contribution in [-0.4, -0.2) is 12.5 Å². The molecule has 1 amide bonds. The standard InChI is InChI=1S/C13H18N2O/c1-3-11-6-7-13(14)12(9-11)5-4-8-15-10(2)16/h4-7,9H,3,8,14H2,1-2H3,(H,15,16). The second kappa shape index (κ2) is 5.95. The van der Waals surface area contributed by atoms with E-state index in [2.05, 4.69) is 18.3 Å². The molecule has 0 aromatic heterocycles. The Hall–Kier alpha value is -1.77. The van der Waals surface area contributed by atoms with Crippen molar-refractivity contribution in [3.05, 3.63) is 35.4 Å². The number of hydrogen-bond donors (Lipinski definition) is 2. The highest BCUT2D eigenvalue weighted by Gasteiger charge is 1.96. The first-order chi connectivity index (χ1) is 7.63. The molecule has 1 aromatic carbocycles. The van der Waals surface area contributed by atoms with E-state index in [1.165, 1.54) is 12.5 Å². The number of nitrogens with two attached hydrogens (primary N) is 1. The summed E-state index contributed by atoms with van der Waals surface area (Å²) in [4.78, 5) is 10.7. The van der Waals surface area contributed by atoms with Crippen LogP contribution in [0.5, 0.6) is 0 Å². The number of carbonyl (C=O) groups excluding carboxylic acids is 1. The first kappa shape index (κ1) is 12.3. The zero-order valence-electron chi connectivity index (χ0n) is 9.79. The monoisotopic (exact) mass is 218 g/mol. The minimum Gasteiger partial charge on any atom is -0.398 e. The van der Waals surface area contributed by atoms with Crippen molar-refractivity contribution in [1.29, 1.82) is 0 Å². The van der Waals surface area contributed by atoms with Crippen molar-refractivity contribution in [2.45, 2.75) is 20.3 Å². The quantitative estimate of drug-likeness (QED) is 0.759. The van der Waals surface area contributed by atoms with E-state index in [1.54, 1.807) is 0 Å². The molecule has 0 unspecified atom stereocenters. The second-order valence-electron chi connectivity index (χ2n) is 3.66. The predicted molar refractivity (Wildman–Crippen MR) is 68.0 cm³/mol. The van der Waals surface area contributed by atoms with Gasteiger partial charge in [-0.2, -0.15) is 0 Å². The maximum Gasteiger partial charge on any atom is 0.217 e.